The average Bonchev–Trinajstić information content (AvgIpc) is 2.78. The van der Waals surface area contributed by atoms with Gasteiger partial charge in [0, 0.05) is 0 Å². The van der Waals surface area contributed by atoms with Gasteiger partial charge in [0.15, 0.2) is 0 Å². The molecule has 0 saturated heterocycles. The summed E-state index contributed by atoms with van der Waals surface area (Å²) in [6.07, 6.45) is 0. The quantitative estimate of drug-likeness (QED) is 0.790. The highest BCUT2D eigenvalue weighted by Gasteiger charge is 2.15. The maximum atomic E-state index is 11.5. The molecule has 0 aliphatic carbocycles. The molecule has 1 heterocycles. The Bertz CT molecular complexity index is 631. The van der Waals surface area contributed by atoms with Gasteiger partial charge in [-0.05, 0) is 53.5 Å². The summed E-state index contributed by atoms with van der Waals surface area (Å²) in [5.74, 6) is 1.42. The Kier molecular flexibility index (Phi) is 4.49. The lowest BCUT2D eigenvalue weighted by molar-refractivity contribution is 0.0599. The van der Waals surface area contributed by atoms with Crippen molar-refractivity contribution < 1.29 is 18.7 Å². The van der Waals surface area contributed by atoms with Gasteiger partial charge in [-0.1, -0.05) is 6.07 Å². The van der Waals surface area contributed by atoms with Crippen LogP contribution in [0.1, 0.15) is 27.4 Å². The first-order valence-corrected chi connectivity index (χ1v) is 6.87. The number of hydrogen-bond acceptors (Lipinski definition) is 4. The largest absolute Gasteiger partial charge is 0.484 e. The van der Waals surface area contributed by atoms with Crippen LogP contribution >= 0.6 is 15.9 Å². The third-order valence-electron chi connectivity index (χ3n) is 2.83. The number of halogens is 1. The summed E-state index contributed by atoms with van der Waals surface area (Å²) in [5.41, 5.74) is 1.57. The SMILES string of the molecule is COC(=O)c1cc(COc2ccc(C)cc2Br)oc1C. The molecule has 0 unspecified atom stereocenters. The highest BCUT2D eigenvalue weighted by molar-refractivity contribution is 9.10. The number of carbonyl (C=O) groups is 1. The number of methoxy groups -OCH3 is 1. The summed E-state index contributed by atoms with van der Waals surface area (Å²) < 4.78 is 16.7. The van der Waals surface area contributed by atoms with E-state index in [2.05, 4.69) is 20.7 Å². The fourth-order valence-corrected chi connectivity index (χ4v) is 2.41. The Labute approximate surface area is 125 Å². The second-order valence-corrected chi connectivity index (χ2v) is 5.25. The molecule has 0 N–H and O–H groups in total. The van der Waals surface area contributed by atoms with Crippen LogP contribution in [0.25, 0.3) is 0 Å². The summed E-state index contributed by atoms with van der Waals surface area (Å²) in [5, 5.41) is 0. The molecular weight excluding hydrogens is 324 g/mol. The van der Waals surface area contributed by atoms with Crippen LogP contribution < -0.4 is 4.74 Å². The first kappa shape index (κ1) is 14.7. The monoisotopic (exact) mass is 338 g/mol. The molecule has 0 atom stereocenters. The molecule has 20 heavy (non-hydrogen) atoms. The van der Waals surface area contributed by atoms with E-state index in [-0.39, 0.29) is 6.61 Å². The van der Waals surface area contributed by atoms with Crippen molar-refractivity contribution in [3.63, 3.8) is 0 Å². The number of furan rings is 1. The van der Waals surface area contributed by atoms with E-state index in [0.29, 0.717) is 17.1 Å². The number of aryl methyl sites for hydroxylation is 2. The fourth-order valence-electron chi connectivity index (χ4n) is 1.80. The molecule has 5 heteroatoms. The molecule has 2 rings (SSSR count). The van der Waals surface area contributed by atoms with Gasteiger partial charge in [-0.3, -0.25) is 0 Å². The van der Waals surface area contributed by atoms with E-state index in [1.807, 2.05) is 25.1 Å². The molecule has 0 spiro atoms. The van der Waals surface area contributed by atoms with Gasteiger partial charge in [-0.2, -0.15) is 0 Å². The van der Waals surface area contributed by atoms with Crippen LogP contribution in [-0.4, -0.2) is 13.1 Å². The van der Waals surface area contributed by atoms with Crippen LogP contribution in [-0.2, 0) is 11.3 Å². The molecule has 0 saturated carbocycles. The van der Waals surface area contributed by atoms with Gasteiger partial charge in [-0.15, -0.1) is 0 Å². The highest BCUT2D eigenvalue weighted by Crippen LogP contribution is 2.27. The zero-order valence-electron chi connectivity index (χ0n) is 11.5. The topological polar surface area (TPSA) is 48.7 Å². The summed E-state index contributed by atoms with van der Waals surface area (Å²) in [4.78, 5) is 11.5. The van der Waals surface area contributed by atoms with Gasteiger partial charge in [0.2, 0.25) is 0 Å². The van der Waals surface area contributed by atoms with Crippen molar-refractivity contribution in [2.45, 2.75) is 20.5 Å². The normalized spacial score (nSPS) is 10.4. The Morgan fingerprint density at radius 3 is 2.70 bits per heavy atom. The minimum Gasteiger partial charge on any atom is -0.484 e. The third-order valence-corrected chi connectivity index (χ3v) is 3.45. The summed E-state index contributed by atoms with van der Waals surface area (Å²) in [6, 6.07) is 7.47. The number of esters is 1. The molecule has 0 fully saturated rings. The van der Waals surface area contributed by atoms with Gasteiger partial charge < -0.3 is 13.9 Å². The second-order valence-electron chi connectivity index (χ2n) is 4.40. The molecule has 0 aliphatic heterocycles. The Balaban J connectivity index is 2.09. The van der Waals surface area contributed by atoms with Gasteiger partial charge in [-0.25, -0.2) is 4.79 Å². The van der Waals surface area contributed by atoms with Crippen LogP contribution in [0.2, 0.25) is 0 Å². The van der Waals surface area contributed by atoms with Crippen LogP contribution in [0.5, 0.6) is 5.75 Å². The molecule has 0 amide bonds. The Hall–Kier alpha value is -1.75. The van der Waals surface area contributed by atoms with Crippen molar-refractivity contribution in [1.29, 1.82) is 0 Å². The number of benzene rings is 1. The van der Waals surface area contributed by atoms with E-state index in [1.165, 1.54) is 7.11 Å². The number of ether oxygens (including phenoxy) is 2. The van der Waals surface area contributed by atoms with Gasteiger partial charge in [0.1, 0.15) is 29.4 Å². The van der Waals surface area contributed by atoms with E-state index >= 15 is 0 Å². The van der Waals surface area contributed by atoms with E-state index in [9.17, 15) is 4.79 Å². The minimum atomic E-state index is -0.408. The number of hydrogen-bond donors (Lipinski definition) is 0. The predicted octanol–water partition coefficient (Wildman–Crippen LogP) is 4.02. The molecule has 0 radical (unpaired) electrons. The molecule has 2 aromatic rings. The molecular formula is C15H15BrO4. The molecule has 0 bridgehead atoms. The Morgan fingerprint density at radius 1 is 1.30 bits per heavy atom. The maximum absolute atomic E-state index is 11.5. The zero-order chi connectivity index (χ0) is 14.7. The van der Waals surface area contributed by atoms with E-state index in [0.717, 1.165) is 15.8 Å². The fraction of sp³-hybridized carbons (Fsp3) is 0.267. The van der Waals surface area contributed by atoms with Crippen molar-refractivity contribution in [3.05, 3.63) is 51.4 Å². The van der Waals surface area contributed by atoms with Crippen LogP contribution in [0.15, 0.2) is 33.2 Å². The van der Waals surface area contributed by atoms with Crippen molar-refractivity contribution in [2.75, 3.05) is 7.11 Å². The van der Waals surface area contributed by atoms with Gasteiger partial charge in [0.05, 0.1) is 11.6 Å². The van der Waals surface area contributed by atoms with E-state index < -0.39 is 5.97 Å². The highest BCUT2D eigenvalue weighted by atomic mass is 79.9. The lowest BCUT2D eigenvalue weighted by atomic mass is 10.2. The summed E-state index contributed by atoms with van der Waals surface area (Å²) in [7, 11) is 1.34. The first-order valence-electron chi connectivity index (χ1n) is 6.08. The standard InChI is InChI=1S/C15H15BrO4/c1-9-4-5-14(13(16)6-9)19-8-11-7-12(10(2)20-11)15(17)18-3/h4-7H,8H2,1-3H3. The Morgan fingerprint density at radius 2 is 2.05 bits per heavy atom. The van der Waals surface area contributed by atoms with Crippen LogP contribution in [0.4, 0.5) is 0 Å². The number of carbonyl (C=O) groups excluding carboxylic acids is 1. The van der Waals surface area contributed by atoms with E-state index in [1.54, 1.807) is 13.0 Å². The van der Waals surface area contributed by atoms with Crippen LogP contribution in [0.3, 0.4) is 0 Å². The zero-order valence-corrected chi connectivity index (χ0v) is 13.1. The van der Waals surface area contributed by atoms with Crippen molar-refractivity contribution >= 4 is 21.9 Å². The lowest BCUT2D eigenvalue weighted by Gasteiger charge is -2.07. The van der Waals surface area contributed by atoms with Gasteiger partial charge in [0.25, 0.3) is 0 Å². The van der Waals surface area contributed by atoms with E-state index in [4.69, 9.17) is 9.15 Å². The van der Waals surface area contributed by atoms with Crippen molar-refractivity contribution in [1.82, 2.24) is 0 Å². The van der Waals surface area contributed by atoms with Crippen molar-refractivity contribution in [2.24, 2.45) is 0 Å². The average molecular weight is 339 g/mol. The van der Waals surface area contributed by atoms with Crippen LogP contribution in [0, 0.1) is 13.8 Å². The molecule has 106 valence electrons. The third kappa shape index (κ3) is 3.22. The van der Waals surface area contributed by atoms with Gasteiger partial charge >= 0.3 is 5.97 Å². The molecule has 4 nitrogen and oxygen atoms in total. The lowest BCUT2D eigenvalue weighted by Crippen LogP contribution is -2.00. The molecule has 1 aromatic carbocycles. The summed E-state index contributed by atoms with van der Waals surface area (Å²) in [6.45, 7) is 3.98. The minimum absolute atomic E-state index is 0.249. The molecule has 0 aliphatic rings. The maximum Gasteiger partial charge on any atom is 0.341 e. The summed E-state index contributed by atoms with van der Waals surface area (Å²) >= 11 is 3.45. The van der Waals surface area contributed by atoms with Crippen molar-refractivity contribution in [3.8, 4) is 5.75 Å². The predicted molar refractivity (Wildman–Crippen MR) is 78.0 cm³/mol. The molecule has 1 aromatic heterocycles. The number of rotatable bonds is 4. The first-order chi connectivity index (χ1) is 9.51. The smallest absolute Gasteiger partial charge is 0.341 e. The second kappa shape index (κ2) is 6.13.